The number of rotatable bonds is 7. The molecule has 5 rings (SSSR count). The van der Waals surface area contributed by atoms with Gasteiger partial charge >= 0.3 is 0 Å². The highest BCUT2D eigenvalue weighted by atomic mass is 19.1. The zero-order valence-electron chi connectivity index (χ0n) is 20.1. The number of aryl methyl sites for hydroxylation is 1. The molecule has 0 unspecified atom stereocenters. The summed E-state index contributed by atoms with van der Waals surface area (Å²) >= 11 is 0. The monoisotopic (exact) mass is 495 g/mol. The lowest BCUT2D eigenvalue weighted by Crippen LogP contribution is -2.20. The quantitative estimate of drug-likeness (QED) is 0.283. The van der Waals surface area contributed by atoms with Crippen LogP contribution >= 0.6 is 0 Å². The number of pyridine rings is 3. The van der Waals surface area contributed by atoms with Gasteiger partial charge < -0.3 is 14.0 Å². The average Bonchev–Trinajstić information content (AvgIpc) is 2.91. The van der Waals surface area contributed by atoms with Crippen LogP contribution in [0.1, 0.15) is 15.9 Å². The molecule has 8 heteroatoms. The van der Waals surface area contributed by atoms with E-state index in [4.69, 9.17) is 9.47 Å². The number of aromatic nitrogens is 3. The first kappa shape index (κ1) is 23.9. The van der Waals surface area contributed by atoms with E-state index >= 15 is 0 Å². The smallest absolute Gasteiger partial charge is 0.200 e. The maximum Gasteiger partial charge on any atom is 0.200 e. The molecule has 37 heavy (non-hydrogen) atoms. The Morgan fingerprint density at radius 1 is 1.00 bits per heavy atom. The maximum atomic E-state index is 15.0. The number of benzene rings is 2. The second-order valence-corrected chi connectivity index (χ2v) is 8.46. The van der Waals surface area contributed by atoms with Crippen molar-refractivity contribution in [3.05, 3.63) is 113 Å². The summed E-state index contributed by atoms with van der Waals surface area (Å²) in [5.74, 6) is -0.194. The molecule has 0 fully saturated rings. The van der Waals surface area contributed by atoms with Crippen molar-refractivity contribution in [2.24, 2.45) is 7.05 Å². The minimum Gasteiger partial charge on any atom is -0.495 e. The third kappa shape index (κ3) is 4.95. The summed E-state index contributed by atoms with van der Waals surface area (Å²) in [6.07, 6.45) is 6.12. The first-order chi connectivity index (χ1) is 17.9. The van der Waals surface area contributed by atoms with Gasteiger partial charge in [-0.05, 0) is 23.3 Å². The van der Waals surface area contributed by atoms with E-state index in [-0.39, 0.29) is 23.2 Å². The second kappa shape index (κ2) is 10.0. The summed E-state index contributed by atoms with van der Waals surface area (Å²) in [6, 6.07) is 16.7. The molecule has 7 nitrogen and oxygen atoms in total. The van der Waals surface area contributed by atoms with Crippen LogP contribution in [-0.4, -0.2) is 27.4 Å². The van der Waals surface area contributed by atoms with Gasteiger partial charge in [-0.15, -0.1) is 0 Å². The van der Waals surface area contributed by atoms with E-state index in [1.165, 1.54) is 37.8 Å². The van der Waals surface area contributed by atoms with Crippen molar-refractivity contribution >= 4 is 16.8 Å². The van der Waals surface area contributed by atoms with Gasteiger partial charge in [0, 0.05) is 49.8 Å². The minimum atomic E-state index is -0.644. The topological polar surface area (TPSA) is 83.3 Å². The lowest BCUT2D eigenvalue weighted by molar-refractivity contribution is 0.0991. The number of fused-ring (bicyclic) bond motifs is 1. The first-order valence-corrected chi connectivity index (χ1v) is 11.5. The van der Waals surface area contributed by atoms with Crippen LogP contribution in [0.3, 0.4) is 0 Å². The molecular formula is C29H22FN3O4. The van der Waals surface area contributed by atoms with Crippen LogP contribution in [0.15, 0.2) is 90.2 Å². The second-order valence-electron chi connectivity index (χ2n) is 8.46. The van der Waals surface area contributed by atoms with Crippen LogP contribution in [0.2, 0.25) is 0 Å². The lowest BCUT2D eigenvalue weighted by atomic mass is 10.00. The Morgan fingerprint density at radius 3 is 2.57 bits per heavy atom. The fourth-order valence-electron chi connectivity index (χ4n) is 4.05. The molecule has 0 saturated heterocycles. The Kier molecular flexibility index (Phi) is 6.47. The van der Waals surface area contributed by atoms with Gasteiger partial charge in [0.15, 0.2) is 28.5 Å². The minimum absolute atomic E-state index is 0.0247. The van der Waals surface area contributed by atoms with E-state index in [0.717, 1.165) is 5.56 Å². The van der Waals surface area contributed by atoms with Gasteiger partial charge in [-0.2, -0.15) is 0 Å². The number of hydrogen-bond donors (Lipinski definition) is 0. The molecule has 0 aliphatic rings. The van der Waals surface area contributed by atoms with E-state index in [2.05, 4.69) is 9.97 Å². The Morgan fingerprint density at radius 2 is 1.81 bits per heavy atom. The van der Waals surface area contributed by atoms with Crippen molar-refractivity contribution in [2.75, 3.05) is 7.11 Å². The molecule has 184 valence electrons. The van der Waals surface area contributed by atoms with Crippen LogP contribution in [0.5, 0.6) is 17.2 Å². The number of halogens is 1. The van der Waals surface area contributed by atoms with Crippen LogP contribution in [0, 0.1) is 5.82 Å². The molecule has 0 saturated carbocycles. The molecular weight excluding hydrogens is 473 g/mol. The van der Waals surface area contributed by atoms with Crippen molar-refractivity contribution in [2.45, 2.75) is 6.42 Å². The van der Waals surface area contributed by atoms with Crippen molar-refractivity contribution < 1.29 is 18.7 Å². The molecule has 0 aliphatic carbocycles. The first-order valence-electron chi connectivity index (χ1n) is 11.5. The third-order valence-electron chi connectivity index (χ3n) is 5.87. The molecule has 3 aromatic heterocycles. The number of ether oxygens (including phenoxy) is 2. The number of carbonyl (C=O) groups is 1. The molecule has 0 amide bonds. The van der Waals surface area contributed by atoms with Gasteiger partial charge in [0.1, 0.15) is 11.3 Å². The van der Waals surface area contributed by atoms with E-state index in [9.17, 15) is 14.0 Å². The number of nitrogens with zero attached hydrogens (tertiary/aromatic N) is 3. The molecule has 0 radical (unpaired) electrons. The number of carbonyl (C=O) groups excluding carboxylic acids is 1. The lowest BCUT2D eigenvalue weighted by Gasteiger charge is -2.11. The van der Waals surface area contributed by atoms with Crippen molar-refractivity contribution in [1.82, 2.24) is 14.5 Å². The highest BCUT2D eigenvalue weighted by Gasteiger charge is 2.17. The van der Waals surface area contributed by atoms with Crippen LogP contribution in [0.4, 0.5) is 4.39 Å². The Balaban J connectivity index is 1.39. The third-order valence-corrected chi connectivity index (χ3v) is 5.87. The summed E-state index contributed by atoms with van der Waals surface area (Å²) in [5, 5.41) is 0. The summed E-state index contributed by atoms with van der Waals surface area (Å²) in [7, 11) is 3.28. The molecule has 0 aliphatic heterocycles. The molecule has 3 heterocycles. The number of Topliss-reactive ketones (excluding diaryl/α,β-unsaturated/α-hetero) is 1. The van der Waals surface area contributed by atoms with Gasteiger partial charge in [-0.25, -0.2) is 9.37 Å². The van der Waals surface area contributed by atoms with Gasteiger partial charge in [0.2, 0.25) is 0 Å². The van der Waals surface area contributed by atoms with Gasteiger partial charge in [-0.3, -0.25) is 14.6 Å². The van der Waals surface area contributed by atoms with E-state index in [1.54, 1.807) is 36.0 Å². The van der Waals surface area contributed by atoms with Crippen molar-refractivity contribution in [1.29, 1.82) is 0 Å². The van der Waals surface area contributed by atoms with E-state index < -0.39 is 11.6 Å². The molecule has 0 atom stereocenters. The molecule has 5 aromatic rings. The highest BCUT2D eigenvalue weighted by molar-refractivity contribution is 5.98. The number of hydrogen-bond acceptors (Lipinski definition) is 6. The zero-order chi connectivity index (χ0) is 25.9. The maximum absolute atomic E-state index is 15.0. The Hall–Kier alpha value is -4.85. The van der Waals surface area contributed by atoms with Crippen LogP contribution in [0.25, 0.3) is 22.2 Å². The normalized spacial score (nSPS) is 10.9. The zero-order valence-corrected chi connectivity index (χ0v) is 20.1. The summed E-state index contributed by atoms with van der Waals surface area (Å²) in [4.78, 5) is 34.7. The van der Waals surface area contributed by atoms with Crippen molar-refractivity contribution in [3.8, 4) is 28.4 Å². The Labute approximate surface area is 211 Å². The van der Waals surface area contributed by atoms with Gasteiger partial charge in [-0.1, -0.05) is 36.4 Å². The standard InChI is InChI=1S/C29H22FN3O4/c1-33-16-21(19-6-4-3-5-7-19)29(35)22(17-33)25(34)13-18-8-9-26(23(30)12-18)37-27-10-11-31-24-14-20(36-2)15-32-28(24)27/h3-12,14-17H,13H2,1-2H3. The van der Waals surface area contributed by atoms with Gasteiger partial charge in [0.05, 0.1) is 24.4 Å². The van der Waals surface area contributed by atoms with Crippen molar-refractivity contribution in [3.63, 3.8) is 0 Å². The number of methoxy groups -OCH3 is 1. The summed E-state index contributed by atoms with van der Waals surface area (Å²) in [6.45, 7) is 0. The molecule has 0 spiro atoms. The predicted octanol–water partition coefficient (Wildman–Crippen LogP) is 5.36. The summed E-state index contributed by atoms with van der Waals surface area (Å²) < 4.78 is 27.6. The van der Waals surface area contributed by atoms with Crippen LogP contribution in [-0.2, 0) is 13.5 Å². The van der Waals surface area contributed by atoms with Gasteiger partial charge in [0.25, 0.3) is 0 Å². The molecule has 0 bridgehead atoms. The average molecular weight is 496 g/mol. The fraction of sp³-hybridized carbons (Fsp3) is 0.103. The Bertz CT molecular complexity index is 1680. The van der Waals surface area contributed by atoms with Crippen LogP contribution < -0.4 is 14.9 Å². The fourth-order valence-corrected chi connectivity index (χ4v) is 4.05. The highest BCUT2D eigenvalue weighted by Crippen LogP contribution is 2.31. The van der Waals surface area contributed by atoms with E-state index in [0.29, 0.717) is 33.7 Å². The summed E-state index contributed by atoms with van der Waals surface area (Å²) in [5.41, 5.74) is 2.26. The van der Waals surface area contributed by atoms with E-state index in [1.807, 2.05) is 30.3 Å². The SMILES string of the molecule is COc1cnc2c(Oc3ccc(CC(=O)c4cn(C)cc(-c5ccccc5)c4=O)cc3F)ccnc2c1. The number of ketones is 1. The molecule has 2 aromatic carbocycles. The molecule has 0 N–H and O–H groups in total. The predicted molar refractivity (Wildman–Crippen MR) is 138 cm³/mol. The largest absolute Gasteiger partial charge is 0.495 e.